The van der Waals surface area contributed by atoms with Crippen LogP contribution in [0.25, 0.3) is 33.4 Å². The third kappa shape index (κ3) is 3.81. The van der Waals surface area contributed by atoms with Gasteiger partial charge in [-0.25, -0.2) is 29.3 Å². The number of pyridine rings is 1. The van der Waals surface area contributed by atoms with E-state index in [2.05, 4.69) is 30.8 Å². The highest BCUT2D eigenvalue weighted by Crippen LogP contribution is 2.43. The molecule has 5 aromatic rings. The van der Waals surface area contributed by atoms with Crippen LogP contribution in [0, 0.1) is 32.0 Å². The van der Waals surface area contributed by atoms with Gasteiger partial charge in [-0.1, -0.05) is 5.92 Å². The number of nitrogens with zero attached hydrogens (tertiary/aromatic N) is 6. The van der Waals surface area contributed by atoms with Gasteiger partial charge in [-0.15, -0.1) is 6.42 Å². The highest BCUT2D eigenvalue weighted by Gasteiger charge is 2.25. The molecule has 1 aromatic carbocycles. The minimum Gasteiger partial charge on any atom is -0.424 e. The van der Waals surface area contributed by atoms with Gasteiger partial charge in [-0.2, -0.15) is 0 Å². The number of aryl methyl sites for hydroxylation is 3. The van der Waals surface area contributed by atoms with E-state index in [0.29, 0.717) is 33.5 Å². The Morgan fingerprint density at radius 1 is 1.06 bits per heavy atom. The van der Waals surface area contributed by atoms with Crippen molar-refractivity contribution in [2.45, 2.75) is 13.8 Å². The van der Waals surface area contributed by atoms with E-state index < -0.39 is 5.82 Å². The fourth-order valence-electron chi connectivity index (χ4n) is 4.08. The summed E-state index contributed by atoms with van der Waals surface area (Å²) in [5, 5.41) is 0.542. The average Bonchev–Trinajstić information content (AvgIpc) is 3.12. The van der Waals surface area contributed by atoms with Crippen LogP contribution in [0.4, 0.5) is 10.2 Å². The Kier molecular flexibility index (Phi) is 5.34. The summed E-state index contributed by atoms with van der Waals surface area (Å²) in [6.45, 7) is 3.74. The quantitative estimate of drug-likeness (QED) is 0.387. The lowest BCUT2D eigenvalue weighted by Crippen LogP contribution is -1.98. The Morgan fingerprint density at radius 3 is 2.60 bits per heavy atom. The predicted octanol–water partition coefficient (Wildman–Crippen LogP) is 4.60. The molecule has 0 saturated carbocycles. The normalized spacial score (nSPS) is 10.9. The molecule has 0 aliphatic carbocycles. The zero-order valence-corrected chi connectivity index (χ0v) is 19.2. The number of hydrogen-bond acceptors (Lipinski definition) is 7. The van der Waals surface area contributed by atoms with Crippen LogP contribution < -0.4 is 10.5 Å². The maximum atomic E-state index is 15.6. The molecule has 9 heteroatoms. The fraction of sp³-hybridized carbons (Fsp3) is 0.115. The fourth-order valence-corrected chi connectivity index (χ4v) is 4.08. The Hall–Kier alpha value is -4.84. The number of ether oxygens (including phenoxy) is 1. The van der Waals surface area contributed by atoms with Crippen molar-refractivity contribution >= 4 is 16.9 Å². The van der Waals surface area contributed by atoms with Gasteiger partial charge in [0, 0.05) is 47.9 Å². The molecular formula is C26H20FN7O. The highest BCUT2D eigenvalue weighted by atomic mass is 19.1. The number of anilines is 1. The topological polar surface area (TPSA) is 105 Å². The lowest BCUT2D eigenvalue weighted by molar-refractivity contribution is 0.436. The van der Waals surface area contributed by atoms with E-state index in [0.717, 1.165) is 16.8 Å². The van der Waals surface area contributed by atoms with Crippen molar-refractivity contribution in [3.63, 3.8) is 0 Å². The molecule has 35 heavy (non-hydrogen) atoms. The van der Waals surface area contributed by atoms with Crippen molar-refractivity contribution in [3.05, 3.63) is 71.8 Å². The number of halogens is 1. The van der Waals surface area contributed by atoms with Crippen LogP contribution in [0.2, 0.25) is 0 Å². The molecule has 0 radical (unpaired) electrons. The van der Waals surface area contributed by atoms with E-state index in [9.17, 15) is 0 Å². The molecule has 4 aromatic heterocycles. The van der Waals surface area contributed by atoms with Crippen molar-refractivity contribution in [2.75, 3.05) is 5.73 Å². The second kappa shape index (κ2) is 8.50. The number of fused-ring (bicyclic) bond motifs is 1. The number of nitrogen functional groups attached to an aromatic ring is 1. The van der Waals surface area contributed by atoms with E-state index in [-0.39, 0.29) is 17.6 Å². The van der Waals surface area contributed by atoms with Crippen molar-refractivity contribution in [1.82, 2.24) is 29.5 Å². The predicted molar refractivity (Wildman–Crippen MR) is 131 cm³/mol. The Labute approximate surface area is 200 Å². The van der Waals surface area contributed by atoms with Crippen LogP contribution in [0.1, 0.15) is 17.0 Å². The Morgan fingerprint density at radius 2 is 1.89 bits per heavy atom. The maximum Gasteiger partial charge on any atom is 0.322 e. The molecule has 0 aliphatic rings. The molecule has 0 saturated heterocycles. The molecule has 0 atom stereocenters. The second-order valence-corrected chi connectivity index (χ2v) is 7.99. The van der Waals surface area contributed by atoms with Gasteiger partial charge >= 0.3 is 6.01 Å². The van der Waals surface area contributed by atoms with E-state index in [1.165, 1.54) is 12.4 Å². The van der Waals surface area contributed by atoms with Crippen molar-refractivity contribution < 1.29 is 9.13 Å². The van der Waals surface area contributed by atoms with E-state index in [1.807, 2.05) is 25.5 Å². The third-order valence-corrected chi connectivity index (χ3v) is 5.70. The van der Waals surface area contributed by atoms with Crippen LogP contribution in [0.5, 0.6) is 11.8 Å². The first-order valence-corrected chi connectivity index (χ1v) is 10.7. The number of benzene rings is 1. The maximum absolute atomic E-state index is 15.6. The van der Waals surface area contributed by atoms with Gasteiger partial charge in [0.05, 0.1) is 11.1 Å². The number of aromatic nitrogens is 6. The van der Waals surface area contributed by atoms with Crippen LogP contribution in [-0.4, -0.2) is 29.5 Å². The first kappa shape index (κ1) is 22.0. The zero-order chi connectivity index (χ0) is 24.7. The Balaban J connectivity index is 1.72. The first-order valence-electron chi connectivity index (χ1n) is 10.7. The average molecular weight is 465 g/mol. The van der Waals surface area contributed by atoms with E-state index >= 15 is 4.39 Å². The van der Waals surface area contributed by atoms with Crippen molar-refractivity contribution in [2.24, 2.45) is 7.05 Å². The summed E-state index contributed by atoms with van der Waals surface area (Å²) in [6.07, 6.45) is 10.2. The number of terminal acetylenes is 1. The van der Waals surface area contributed by atoms with Crippen molar-refractivity contribution in [3.8, 4) is 46.5 Å². The summed E-state index contributed by atoms with van der Waals surface area (Å²) >= 11 is 0. The van der Waals surface area contributed by atoms with Gasteiger partial charge < -0.3 is 15.0 Å². The molecule has 0 aliphatic heterocycles. The van der Waals surface area contributed by atoms with E-state index in [1.54, 1.807) is 36.7 Å². The van der Waals surface area contributed by atoms with Crippen molar-refractivity contribution in [1.29, 1.82) is 0 Å². The molecule has 0 spiro atoms. The summed E-state index contributed by atoms with van der Waals surface area (Å²) in [4.78, 5) is 21.2. The molecule has 5 rings (SSSR count). The number of hydrogen-bond donors (Lipinski definition) is 1. The van der Waals surface area contributed by atoms with Gasteiger partial charge in [0.2, 0.25) is 0 Å². The van der Waals surface area contributed by atoms with Gasteiger partial charge in [-0.3, -0.25) is 0 Å². The summed E-state index contributed by atoms with van der Waals surface area (Å²) in [7, 11) is 1.84. The SMILES string of the molecule is C#Cc1cc(C)c(-c2c(-c3ccc(Oc4nccc(C)n4)cc3F)c3c(N)ncnc3n2C)cn1. The van der Waals surface area contributed by atoms with Crippen LogP contribution in [0.15, 0.2) is 49.1 Å². The molecule has 0 unspecified atom stereocenters. The van der Waals surface area contributed by atoms with Gasteiger partial charge in [-0.05, 0) is 43.7 Å². The minimum absolute atomic E-state index is 0.135. The number of rotatable bonds is 4. The largest absolute Gasteiger partial charge is 0.424 e. The van der Waals surface area contributed by atoms with Gasteiger partial charge in [0.1, 0.15) is 35.1 Å². The molecule has 0 fully saturated rings. The van der Waals surface area contributed by atoms with Crippen LogP contribution in [0.3, 0.4) is 0 Å². The molecule has 172 valence electrons. The summed E-state index contributed by atoms with van der Waals surface area (Å²) in [5.41, 5.74) is 11.3. The van der Waals surface area contributed by atoms with Gasteiger partial charge in [0.15, 0.2) is 0 Å². The molecule has 2 N–H and O–H groups in total. The summed E-state index contributed by atoms with van der Waals surface area (Å²) in [5.74, 6) is 2.53. The smallest absolute Gasteiger partial charge is 0.322 e. The molecule has 8 nitrogen and oxygen atoms in total. The van der Waals surface area contributed by atoms with E-state index in [4.69, 9.17) is 16.9 Å². The third-order valence-electron chi connectivity index (χ3n) is 5.70. The number of nitrogens with two attached hydrogens (primary N) is 1. The van der Waals surface area contributed by atoms with Gasteiger partial charge in [0.25, 0.3) is 0 Å². The summed E-state index contributed by atoms with van der Waals surface area (Å²) in [6, 6.07) is 8.26. The lowest BCUT2D eigenvalue weighted by Gasteiger charge is -2.13. The lowest BCUT2D eigenvalue weighted by atomic mass is 9.96. The monoisotopic (exact) mass is 465 g/mol. The minimum atomic E-state index is -0.516. The molecule has 0 bridgehead atoms. The second-order valence-electron chi connectivity index (χ2n) is 7.99. The van der Waals surface area contributed by atoms with Crippen LogP contribution >= 0.6 is 0 Å². The first-order chi connectivity index (χ1) is 16.9. The zero-order valence-electron chi connectivity index (χ0n) is 19.2. The highest BCUT2D eigenvalue weighted by molar-refractivity contribution is 6.08. The van der Waals surface area contributed by atoms with Crippen LogP contribution in [-0.2, 0) is 7.05 Å². The molecular weight excluding hydrogens is 445 g/mol. The summed E-state index contributed by atoms with van der Waals surface area (Å²) < 4.78 is 23.2. The Bertz CT molecular complexity index is 1650. The standard InChI is InChI=1S/C26H20FN7O/c1-5-16-10-14(2)19(12-30-16)23-21(22-24(28)31-13-32-25(22)34(23)4)18-7-6-17(11-20(18)27)35-26-29-9-8-15(3)33-26/h1,6-13H,2-4H3,(H2,28,31,32). The molecule has 4 heterocycles. The molecule has 0 amide bonds.